The van der Waals surface area contributed by atoms with Crippen LogP contribution in [0.25, 0.3) is 0 Å². The Balaban J connectivity index is 1.98. The lowest BCUT2D eigenvalue weighted by Gasteiger charge is -2.46. The monoisotopic (exact) mass is 264 g/mol. The SMILES string of the molecule is CC1C(N)CCC(C(=O)NCc2cn[nH]c2)C1(C)C. The van der Waals surface area contributed by atoms with E-state index in [1.165, 1.54) is 0 Å². The van der Waals surface area contributed by atoms with Crippen LogP contribution in [0.3, 0.4) is 0 Å². The standard InChI is InChI=1S/C14H24N4O/c1-9-12(15)5-4-11(14(9,2)3)13(19)16-6-10-7-17-18-8-10/h7-9,11-12H,4-6,15H2,1-3H3,(H,16,19)(H,17,18). The molecule has 0 radical (unpaired) electrons. The molecule has 3 atom stereocenters. The molecule has 19 heavy (non-hydrogen) atoms. The number of nitrogens with two attached hydrogens (primary N) is 1. The van der Waals surface area contributed by atoms with Crippen LogP contribution in [-0.2, 0) is 11.3 Å². The second-order valence-electron chi connectivity index (χ2n) is 6.23. The molecule has 0 aromatic carbocycles. The Morgan fingerprint density at radius 3 is 2.95 bits per heavy atom. The van der Waals surface area contributed by atoms with Gasteiger partial charge in [-0.25, -0.2) is 0 Å². The van der Waals surface area contributed by atoms with Gasteiger partial charge < -0.3 is 11.1 Å². The average Bonchev–Trinajstić information content (AvgIpc) is 2.86. The van der Waals surface area contributed by atoms with Gasteiger partial charge in [-0.1, -0.05) is 20.8 Å². The molecule has 4 N–H and O–H groups in total. The summed E-state index contributed by atoms with van der Waals surface area (Å²) < 4.78 is 0. The maximum absolute atomic E-state index is 12.4. The first kappa shape index (κ1) is 14.1. The largest absolute Gasteiger partial charge is 0.352 e. The Hall–Kier alpha value is -1.36. The number of aromatic nitrogens is 2. The van der Waals surface area contributed by atoms with Crippen LogP contribution in [0, 0.1) is 17.3 Å². The van der Waals surface area contributed by atoms with Gasteiger partial charge in [0.2, 0.25) is 5.91 Å². The van der Waals surface area contributed by atoms with Crippen LogP contribution in [0.5, 0.6) is 0 Å². The number of rotatable bonds is 3. The number of amides is 1. The molecule has 0 aliphatic heterocycles. The van der Waals surface area contributed by atoms with E-state index >= 15 is 0 Å². The molecule has 5 nitrogen and oxygen atoms in total. The van der Waals surface area contributed by atoms with Crippen molar-refractivity contribution in [1.82, 2.24) is 15.5 Å². The van der Waals surface area contributed by atoms with Gasteiger partial charge in [-0.3, -0.25) is 9.89 Å². The maximum atomic E-state index is 12.4. The minimum absolute atomic E-state index is 0.0363. The summed E-state index contributed by atoms with van der Waals surface area (Å²) in [6.45, 7) is 6.99. The Morgan fingerprint density at radius 2 is 2.32 bits per heavy atom. The van der Waals surface area contributed by atoms with Gasteiger partial charge in [0.05, 0.1) is 6.20 Å². The molecule has 0 saturated heterocycles. The highest BCUT2D eigenvalue weighted by Gasteiger charge is 2.44. The first-order valence-corrected chi connectivity index (χ1v) is 6.94. The van der Waals surface area contributed by atoms with E-state index < -0.39 is 0 Å². The lowest BCUT2D eigenvalue weighted by Crippen LogP contribution is -2.51. The number of carbonyl (C=O) groups is 1. The zero-order valence-corrected chi connectivity index (χ0v) is 11.9. The van der Waals surface area contributed by atoms with Crippen molar-refractivity contribution < 1.29 is 4.79 Å². The maximum Gasteiger partial charge on any atom is 0.223 e. The minimum atomic E-state index is -0.0574. The molecule has 3 unspecified atom stereocenters. The van der Waals surface area contributed by atoms with Crippen LogP contribution in [-0.4, -0.2) is 22.1 Å². The summed E-state index contributed by atoms with van der Waals surface area (Å²) in [5.41, 5.74) is 7.06. The van der Waals surface area contributed by atoms with Crippen molar-refractivity contribution in [3.63, 3.8) is 0 Å². The van der Waals surface area contributed by atoms with Gasteiger partial charge >= 0.3 is 0 Å². The predicted molar refractivity (Wildman–Crippen MR) is 74.1 cm³/mol. The lowest BCUT2D eigenvalue weighted by atomic mass is 9.61. The molecule has 1 heterocycles. The highest BCUT2D eigenvalue weighted by Crippen LogP contribution is 2.44. The van der Waals surface area contributed by atoms with Crippen molar-refractivity contribution in [2.24, 2.45) is 23.0 Å². The molecule has 106 valence electrons. The zero-order valence-electron chi connectivity index (χ0n) is 11.9. The minimum Gasteiger partial charge on any atom is -0.352 e. The highest BCUT2D eigenvalue weighted by molar-refractivity contribution is 5.79. The molecule has 1 fully saturated rings. The second kappa shape index (κ2) is 5.33. The quantitative estimate of drug-likeness (QED) is 0.772. The summed E-state index contributed by atoms with van der Waals surface area (Å²) in [5, 5.41) is 9.62. The predicted octanol–water partition coefficient (Wildman–Crippen LogP) is 1.43. The third-order valence-corrected chi connectivity index (χ3v) is 4.84. The normalized spacial score (nSPS) is 30.0. The second-order valence-corrected chi connectivity index (χ2v) is 6.23. The number of H-pyrrole nitrogens is 1. The van der Waals surface area contributed by atoms with Crippen LogP contribution in [0.15, 0.2) is 12.4 Å². The molecule has 2 rings (SSSR count). The van der Waals surface area contributed by atoms with Crippen molar-refractivity contribution in [2.45, 2.75) is 46.2 Å². The molecular weight excluding hydrogens is 240 g/mol. The summed E-state index contributed by atoms with van der Waals surface area (Å²) in [4.78, 5) is 12.4. The Labute approximate surface area is 114 Å². The fourth-order valence-electron chi connectivity index (χ4n) is 3.01. The van der Waals surface area contributed by atoms with Crippen molar-refractivity contribution in [3.05, 3.63) is 18.0 Å². The molecule has 1 aliphatic carbocycles. The van der Waals surface area contributed by atoms with Gasteiger partial charge in [0.25, 0.3) is 0 Å². The number of hydrogen-bond acceptors (Lipinski definition) is 3. The summed E-state index contributed by atoms with van der Waals surface area (Å²) >= 11 is 0. The Kier molecular flexibility index (Phi) is 3.94. The van der Waals surface area contributed by atoms with E-state index in [1.54, 1.807) is 12.4 Å². The summed E-state index contributed by atoms with van der Waals surface area (Å²) in [6, 6.07) is 0.202. The fourth-order valence-corrected chi connectivity index (χ4v) is 3.01. The van der Waals surface area contributed by atoms with Crippen LogP contribution in [0.1, 0.15) is 39.2 Å². The molecule has 1 amide bonds. The van der Waals surface area contributed by atoms with Crippen molar-refractivity contribution in [1.29, 1.82) is 0 Å². The van der Waals surface area contributed by atoms with Gasteiger partial charge in [0.15, 0.2) is 0 Å². The molecule has 0 spiro atoms. The van der Waals surface area contributed by atoms with E-state index in [4.69, 9.17) is 5.73 Å². The number of nitrogens with one attached hydrogen (secondary N) is 2. The number of nitrogens with zero attached hydrogens (tertiary/aromatic N) is 1. The molecule has 1 saturated carbocycles. The topological polar surface area (TPSA) is 83.8 Å². The van der Waals surface area contributed by atoms with Gasteiger partial charge in [0.1, 0.15) is 0 Å². The van der Waals surface area contributed by atoms with E-state index in [0.717, 1.165) is 18.4 Å². The van der Waals surface area contributed by atoms with E-state index in [9.17, 15) is 4.79 Å². The van der Waals surface area contributed by atoms with Gasteiger partial charge in [-0.2, -0.15) is 5.10 Å². The van der Waals surface area contributed by atoms with Crippen LogP contribution in [0.2, 0.25) is 0 Å². The van der Waals surface area contributed by atoms with Gasteiger partial charge in [0, 0.05) is 30.3 Å². The summed E-state index contributed by atoms with van der Waals surface area (Å²) in [7, 11) is 0. The summed E-state index contributed by atoms with van der Waals surface area (Å²) in [5.74, 6) is 0.519. The number of carbonyl (C=O) groups excluding carboxylic acids is 1. The highest BCUT2D eigenvalue weighted by atomic mass is 16.1. The van der Waals surface area contributed by atoms with Crippen LogP contribution >= 0.6 is 0 Å². The van der Waals surface area contributed by atoms with E-state index in [-0.39, 0.29) is 23.3 Å². The third-order valence-electron chi connectivity index (χ3n) is 4.84. The molecule has 1 aromatic rings. The molecule has 1 aromatic heterocycles. The van der Waals surface area contributed by atoms with Gasteiger partial charge in [-0.15, -0.1) is 0 Å². The number of hydrogen-bond donors (Lipinski definition) is 3. The lowest BCUT2D eigenvalue weighted by molar-refractivity contribution is -0.132. The van der Waals surface area contributed by atoms with Crippen molar-refractivity contribution >= 4 is 5.91 Å². The molecule has 5 heteroatoms. The van der Waals surface area contributed by atoms with E-state index in [0.29, 0.717) is 12.5 Å². The number of aromatic amines is 1. The zero-order chi connectivity index (χ0) is 14.0. The Bertz CT molecular complexity index is 427. The third kappa shape index (κ3) is 2.81. The molecule has 0 bridgehead atoms. The van der Waals surface area contributed by atoms with E-state index in [1.807, 2.05) is 0 Å². The fraction of sp³-hybridized carbons (Fsp3) is 0.714. The van der Waals surface area contributed by atoms with Crippen molar-refractivity contribution in [2.75, 3.05) is 0 Å². The van der Waals surface area contributed by atoms with E-state index in [2.05, 4.69) is 36.3 Å². The average molecular weight is 264 g/mol. The smallest absolute Gasteiger partial charge is 0.223 e. The van der Waals surface area contributed by atoms with Crippen molar-refractivity contribution in [3.8, 4) is 0 Å². The van der Waals surface area contributed by atoms with Gasteiger partial charge in [-0.05, 0) is 24.2 Å². The van der Waals surface area contributed by atoms with Crippen LogP contribution < -0.4 is 11.1 Å². The first-order valence-electron chi connectivity index (χ1n) is 6.94. The first-order chi connectivity index (χ1) is 8.93. The molecular formula is C14H24N4O. The summed E-state index contributed by atoms with van der Waals surface area (Å²) in [6.07, 6.45) is 5.32. The molecule has 1 aliphatic rings. The van der Waals surface area contributed by atoms with Crippen LogP contribution in [0.4, 0.5) is 0 Å². The Morgan fingerprint density at radius 1 is 1.58 bits per heavy atom.